The van der Waals surface area contributed by atoms with Crippen LogP contribution in [0.25, 0.3) is 11.4 Å². The molecule has 3 rings (SSSR count). The molecular weight excluding hydrogens is 342 g/mol. The molecule has 0 aliphatic carbocycles. The molecule has 146 valence electrons. The van der Waals surface area contributed by atoms with E-state index in [0.29, 0.717) is 18.1 Å². The number of aryl methyl sites for hydroxylation is 1. The average Bonchev–Trinajstić information content (AvgIpc) is 3.18. The van der Waals surface area contributed by atoms with Gasteiger partial charge in [-0.25, -0.2) is 0 Å². The lowest BCUT2D eigenvalue weighted by Gasteiger charge is -2.36. The number of carbonyl (C=O) groups excluding carboxylic acids is 1. The highest BCUT2D eigenvalue weighted by Crippen LogP contribution is 2.23. The highest BCUT2D eigenvalue weighted by molar-refractivity contribution is 5.76. The number of carbonyl (C=O) groups is 1. The average molecular weight is 371 g/mol. The number of piperazine rings is 1. The summed E-state index contributed by atoms with van der Waals surface area (Å²) in [6.07, 6.45) is 1.50. The molecular formula is C20H29N5O2. The first kappa shape index (κ1) is 19.5. The van der Waals surface area contributed by atoms with Crippen LogP contribution in [0.1, 0.15) is 37.3 Å². The van der Waals surface area contributed by atoms with Crippen LogP contribution in [0.5, 0.6) is 0 Å². The molecule has 1 aliphatic rings. The van der Waals surface area contributed by atoms with E-state index in [1.807, 2.05) is 36.2 Å². The third-order valence-corrected chi connectivity index (χ3v) is 5.14. The molecule has 1 amide bonds. The molecule has 7 nitrogen and oxygen atoms in total. The molecule has 1 saturated heterocycles. The van der Waals surface area contributed by atoms with Gasteiger partial charge in [-0.1, -0.05) is 35.0 Å². The monoisotopic (exact) mass is 371 g/mol. The molecule has 1 aromatic carbocycles. The number of hydrogen-bond acceptors (Lipinski definition) is 6. The quantitative estimate of drug-likeness (QED) is 0.753. The van der Waals surface area contributed by atoms with Gasteiger partial charge in [-0.05, 0) is 33.9 Å². The molecule has 0 bridgehead atoms. The summed E-state index contributed by atoms with van der Waals surface area (Å²) in [5, 5.41) is 7.21. The number of nitrogens with zero attached hydrogens (tertiary/aromatic N) is 4. The van der Waals surface area contributed by atoms with Gasteiger partial charge in [-0.2, -0.15) is 4.98 Å². The van der Waals surface area contributed by atoms with Crippen LogP contribution in [0.15, 0.2) is 28.8 Å². The highest BCUT2D eigenvalue weighted by atomic mass is 16.5. The van der Waals surface area contributed by atoms with E-state index in [-0.39, 0.29) is 11.9 Å². The van der Waals surface area contributed by atoms with E-state index < -0.39 is 0 Å². The zero-order chi connectivity index (χ0) is 19.2. The van der Waals surface area contributed by atoms with E-state index in [2.05, 4.69) is 34.2 Å². The Balaban J connectivity index is 1.54. The summed E-state index contributed by atoms with van der Waals surface area (Å²) < 4.78 is 5.51. The van der Waals surface area contributed by atoms with E-state index in [0.717, 1.165) is 44.7 Å². The zero-order valence-electron chi connectivity index (χ0n) is 16.4. The molecule has 1 unspecified atom stereocenters. The molecule has 0 radical (unpaired) electrons. The first-order chi connectivity index (χ1) is 13.1. The SMILES string of the molecule is CNCCCC(=O)N1CCN(C(C)c2nc(-c3ccc(C)cc3)no2)CC1. The Kier molecular flexibility index (Phi) is 6.58. The van der Waals surface area contributed by atoms with Crippen LogP contribution in [0.2, 0.25) is 0 Å². The van der Waals surface area contributed by atoms with Crippen molar-refractivity contribution in [2.24, 2.45) is 0 Å². The van der Waals surface area contributed by atoms with Crippen molar-refractivity contribution >= 4 is 5.91 Å². The Bertz CT molecular complexity index is 735. The van der Waals surface area contributed by atoms with Gasteiger partial charge in [0, 0.05) is 38.2 Å². The molecule has 27 heavy (non-hydrogen) atoms. The van der Waals surface area contributed by atoms with Crippen LogP contribution in [-0.4, -0.2) is 65.6 Å². The molecule has 1 atom stereocenters. The minimum absolute atomic E-state index is 0.0400. The third kappa shape index (κ3) is 4.93. The number of aromatic nitrogens is 2. The summed E-state index contributed by atoms with van der Waals surface area (Å²) in [7, 11) is 1.91. The minimum atomic E-state index is 0.0400. The van der Waals surface area contributed by atoms with E-state index in [4.69, 9.17) is 4.52 Å². The van der Waals surface area contributed by atoms with Gasteiger partial charge in [0.05, 0.1) is 6.04 Å². The lowest BCUT2D eigenvalue weighted by atomic mass is 10.1. The van der Waals surface area contributed by atoms with Crippen molar-refractivity contribution in [2.45, 2.75) is 32.7 Å². The van der Waals surface area contributed by atoms with Crippen LogP contribution in [0.3, 0.4) is 0 Å². The molecule has 7 heteroatoms. The smallest absolute Gasteiger partial charge is 0.244 e. The fraction of sp³-hybridized carbons (Fsp3) is 0.550. The number of hydrogen-bond donors (Lipinski definition) is 1. The van der Waals surface area contributed by atoms with Crippen molar-refractivity contribution in [3.05, 3.63) is 35.7 Å². The maximum atomic E-state index is 12.2. The molecule has 2 heterocycles. The van der Waals surface area contributed by atoms with Gasteiger partial charge in [-0.3, -0.25) is 9.69 Å². The van der Waals surface area contributed by atoms with Crippen molar-refractivity contribution in [1.82, 2.24) is 25.3 Å². The van der Waals surface area contributed by atoms with Crippen LogP contribution in [0.4, 0.5) is 0 Å². The van der Waals surface area contributed by atoms with Crippen LogP contribution in [0, 0.1) is 6.92 Å². The van der Waals surface area contributed by atoms with Gasteiger partial charge in [0.1, 0.15) is 0 Å². The molecule has 0 saturated carbocycles. The maximum Gasteiger partial charge on any atom is 0.244 e. The maximum absolute atomic E-state index is 12.2. The summed E-state index contributed by atoms with van der Waals surface area (Å²) in [6, 6.07) is 8.14. The largest absolute Gasteiger partial charge is 0.340 e. The molecule has 1 aliphatic heterocycles. The zero-order valence-corrected chi connectivity index (χ0v) is 16.4. The second-order valence-electron chi connectivity index (χ2n) is 7.12. The lowest BCUT2D eigenvalue weighted by Crippen LogP contribution is -2.49. The summed E-state index contributed by atoms with van der Waals surface area (Å²) in [6.45, 7) is 8.16. The molecule has 1 aromatic heterocycles. The Morgan fingerprint density at radius 2 is 1.93 bits per heavy atom. The fourth-order valence-electron chi connectivity index (χ4n) is 3.31. The molecule has 0 spiro atoms. The lowest BCUT2D eigenvalue weighted by molar-refractivity contribution is -0.133. The van der Waals surface area contributed by atoms with Gasteiger partial charge in [0.15, 0.2) is 0 Å². The summed E-state index contributed by atoms with van der Waals surface area (Å²) in [4.78, 5) is 21.1. The summed E-state index contributed by atoms with van der Waals surface area (Å²) in [5.41, 5.74) is 2.16. The molecule has 2 aromatic rings. The predicted octanol–water partition coefficient (Wildman–Crippen LogP) is 2.25. The number of benzene rings is 1. The van der Waals surface area contributed by atoms with Crippen LogP contribution < -0.4 is 5.32 Å². The van der Waals surface area contributed by atoms with E-state index >= 15 is 0 Å². The van der Waals surface area contributed by atoms with Gasteiger partial charge < -0.3 is 14.7 Å². The number of nitrogens with one attached hydrogen (secondary N) is 1. The van der Waals surface area contributed by atoms with Crippen molar-refractivity contribution in [2.75, 3.05) is 39.8 Å². The van der Waals surface area contributed by atoms with Gasteiger partial charge in [0.2, 0.25) is 17.6 Å². The first-order valence-corrected chi connectivity index (χ1v) is 9.65. The Morgan fingerprint density at radius 1 is 1.22 bits per heavy atom. The van der Waals surface area contributed by atoms with Crippen molar-refractivity contribution in [3.8, 4) is 11.4 Å². The topological polar surface area (TPSA) is 74.5 Å². The predicted molar refractivity (Wildman–Crippen MR) is 104 cm³/mol. The normalized spacial score (nSPS) is 16.5. The van der Waals surface area contributed by atoms with Crippen LogP contribution in [-0.2, 0) is 4.79 Å². The summed E-state index contributed by atoms with van der Waals surface area (Å²) in [5.74, 6) is 1.49. The fourth-order valence-corrected chi connectivity index (χ4v) is 3.31. The molecule has 1 N–H and O–H groups in total. The van der Waals surface area contributed by atoms with Crippen LogP contribution >= 0.6 is 0 Å². The van der Waals surface area contributed by atoms with Crippen molar-refractivity contribution < 1.29 is 9.32 Å². The standard InChI is InChI=1S/C20H29N5O2/c1-15-6-8-17(9-7-15)19-22-20(27-23-19)16(2)24-11-13-25(14-12-24)18(26)5-4-10-21-3/h6-9,16,21H,4-5,10-14H2,1-3H3. The van der Waals surface area contributed by atoms with Crippen molar-refractivity contribution in [1.29, 1.82) is 0 Å². The second-order valence-corrected chi connectivity index (χ2v) is 7.12. The third-order valence-electron chi connectivity index (χ3n) is 5.14. The Hall–Kier alpha value is -2.25. The van der Waals surface area contributed by atoms with Gasteiger partial charge in [-0.15, -0.1) is 0 Å². The molecule has 1 fully saturated rings. The Labute approximate surface area is 160 Å². The highest BCUT2D eigenvalue weighted by Gasteiger charge is 2.27. The minimum Gasteiger partial charge on any atom is -0.340 e. The van der Waals surface area contributed by atoms with E-state index in [9.17, 15) is 4.79 Å². The summed E-state index contributed by atoms with van der Waals surface area (Å²) >= 11 is 0. The van der Waals surface area contributed by atoms with Gasteiger partial charge in [0.25, 0.3) is 0 Å². The second kappa shape index (κ2) is 9.10. The first-order valence-electron chi connectivity index (χ1n) is 9.65. The van der Waals surface area contributed by atoms with E-state index in [1.165, 1.54) is 5.56 Å². The number of rotatable bonds is 7. The van der Waals surface area contributed by atoms with E-state index in [1.54, 1.807) is 0 Å². The Morgan fingerprint density at radius 3 is 2.59 bits per heavy atom. The van der Waals surface area contributed by atoms with Crippen molar-refractivity contribution in [3.63, 3.8) is 0 Å². The number of amides is 1. The van der Waals surface area contributed by atoms with Gasteiger partial charge >= 0.3 is 0 Å².